The third-order valence-corrected chi connectivity index (χ3v) is 3.68. The monoisotopic (exact) mass is 305 g/mol. The Morgan fingerprint density at radius 3 is 1.68 bits per heavy atom. The number of hydrogen-bond acceptors (Lipinski definition) is 2. The minimum Gasteiger partial charge on any atom is -0.494 e. The molecule has 1 radical (unpaired) electrons. The van der Waals surface area contributed by atoms with E-state index in [0.29, 0.717) is 0 Å². The SMILES string of the molecule is CCCCCCOc1ccc(OCCCCC[C](C)C)cc1. The third-order valence-electron chi connectivity index (χ3n) is 3.68. The lowest BCUT2D eigenvalue weighted by atomic mass is 10.1. The van der Waals surface area contributed by atoms with Crippen LogP contribution in [0.5, 0.6) is 11.5 Å². The lowest BCUT2D eigenvalue weighted by Crippen LogP contribution is -1.99. The van der Waals surface area contributed by atoms with Gasteiger partial charge in [-0.1, -0.05) is 52.9 Å². The molecule has 0 aromatic heterocycles. The predicted octanol–water partition coefficient (Wildman–Crippen LogP) is 6.20. The molecule has 0 saturated carbocycles. The quantitative estimate of drug-likeness (QED) is 0.404. The van der Waals surface area contributed by atoms with Gasteiger partial charge in [0.15, 0.2) is 0 Å². The van der Waals surface area contributed by atoms with Gasteiger partial charge in [-0.25, -0.2) is 0 Å². The van der Waals surface area contributed by atoms with Gasteiger partial charge in [-0.15, -0.1) is 0 Å². The highest BCUT2D eigenvalue weighted by Crippen LogP contribution is 2.18. The summed E-state index contributed by atoms with van der Waals surface area (Å²) in [7, 11) is 0. The van der Waals surface area contributed by atoms with E-state index in [2.05, 4.69) is 20.8 Å². The molecule has 0 spiro atoms. The molecule has 0 amide bonds. The van der Waals surface area contributed by atoms with Crippen molar-refractivity contribution in [2.24, 2.45) is 0 Å². The van der Waals surface area contributed by atoms with E-state index >= 15 is 0 Å². The first-order chi connectivity index (χ1) is 10.7. The summed E-state index contributed by atoms with van der Waals surface area (Å²) < 4.78 is 11.5. The summed E-state index contributed by atoms with van der Waals surface area (Å²) in [5.74, 6) is 3.40. The van der Waals surface area contributed by atoms with Gasteiger partial charge in [-0.2, -0.15) is 0 Å². The van der Waals surface area contributed by atoms with Crippen molar-refractivity contribution >= 4 is 0 Å². The summed E-state index contributed by atoms with van der Waals surface area (Å²) in [5.41, 5.74) is 0. The molecule has 0 saturated heterocycles. The summed E-state index contributed by atoms with van der Waals surface area (Å²) in [6.45, 7) is 8.24. The fourth-order valence-corrected chi connectivity index (χ4v) is 2.30. The van der Waals surface area contributed by atoms with Gasteiger partial charge in [-0.05, 0) is 49.4 Å². The predicted molar refractivity (Wildman–Crippen MR) is 94.6 cm³/mol. The lowest BCUT2D eigenvalue weighted by Gasteiger charge is -2.09. The molecule has 0 aliphatic carbocycles. The minimum absolute atomic E-state index is 0.806. The molecule has 0 fully saturated rings. The van der Waals surface area contributed by atoms with E-state index in [1.165, 1.54) is 44.4 Å². The molecule has 0 heterocycles. The molecule has 0 aliphatic rings. The van der Waals surface area contributed by atoms with Crippen molar-refractivity contribution in [2.75, 3.05) is 13.2 Å². The van der Waals surface area contributed by atoms with Gasteiger partial charge in [0.1, 0.15) is 11.5 Å². The number of unbranched alkanes of at least 4 members (excludes halogenated alkanes) is 5. The van der Waals surface area contributed by atoms with Crippen LogP contribution in [-0.4, -0.2) is 13.2 Å². The molecule has 0 unspecified atom stereocenters. The Morgan fingerprint density at radius 2 is 1.23 bits per heavy atom. The third kappa shape index (κ3) is 9.70. The first kappa shape index (κ1) is 18.9. The first-order valence-electron chi connectivity index (χ1n) is 8.87. The smallest absolute Gasteiger partial charge is 0.119 e. The van der Waals surface area contributed by atoms with E-state index in [-0.39, 0.29) is 0 Å². The van der Waals surface area contributed by atoms with Crippen molar-refractivity contribution in [1.82, 2.24) is 0 Å². The van der Waals surface area contributed by atoms with E-state index in [0.717, 1.165) is 37.6 Å². The topological polar surface area (TPSA) is 18.5 Å². The minimum atomic E-state index is 0.806. The van der Waals surface area contributed by atoms with Gasteiger partial charge in [0.2, 0.25) is 0 Å². The van der Waals surface area contributed by atoms with Crippen LogP contribution in [-0.2, 0) is 0 Å². The second-order valence-corrected chi connectivity index (χ2v) is 6.25. The van der Waals surface area contributed by atoms with Crippen molar-refractivity contribution in [3.63, 3.8) is 0 Å². The maximum Gasteiger partial charge on any atom is 0.119 e. The number of benzene rings is 1. The highest BCUT2D eigenvalue weighted by atomic mass is 16.5. The van der Waals surface area contributed by atoms with E-state index in [1.807, 2.05) is 24.3 Å². The van der Waals surface area contributed by atoms with E-state index < -0.39 is 0 Å². The molecule has 2 nitrogen and oxygen atoms in total. The second kappa shape index (κ2) is 12.4. The van der Waals surface area contributed by atoms with Crippen LogP contribution in [0.2, 0.25) is 0 Å². The van der Waals surface area contributed by atoms with Crippen LogP contribution >= 0.6 is 0 Å². The van der Waals surface area contributed by atoms with Gasteiger partial charge in [0.25, 0.3) is 0 Å². The van der Waals surface area contributed by atoms with Crippen LogP contribution < -0.4 is 9.47 Å². The summed E-state index contributed by atoms with van der Waals surface area (Å²) in [6, 6.07) is 8.02. The van der Waals surface area contributed by atoms with Crippen molar-refractivity contribution in [3.05, 3.63) is 30.2 Å². The number of rotatable bonds is 13. The van der Waals surface area contributed by atoms with Crippen LogP contribution in [0.25, 0.3) is 0 Å². The molecule has 0 N–H and O–H groups in total. The average molecular weight is 305 g/mol. The van der Waals surface area contributed by atoms with Gasteiger partial charge in [0.05, 0.1) is 13.2 Å². The second-order valence-electron chi connectivity index (χ2n) is 6.25. The van der Waals surface area contributed by atoms with Crippen molar-refractivity contribution < 1.29 is 9.47 Å². The molecular formula is C20H33O2. The van der Waals surface area contributed by atoms with Crippen molar-refractivity contribution in [1.29, 1.82) is 0 Å². The number of hydrogen-bond donors (Lipinski definition) is 0. The molecule has 0 atom stereocenters. The molecular weight excluding hydrogens is 272 g/mol. The van der Waals surface area contributed by atoms with Gasteiger partial charge < -0.3 is 9.47 Å². The van der Waals surface area contributed by atoms with Crippen LogP contribution in [0, 0.1) is 5.92 Å². The highest BCUT2D eigenvalue weighted by molar-refractivity contribution is 5.31. The standard InChI is InChI=1S/C20H33O2/c1-4-5-6-9-16-21-19-12-14-20(15-13-19)22-17-10-7-8-11-18(2)3/h12-15H,4-11,16-17H2,1-3H3. The van der Waals surface area contributed by atoms with Crippen LogP contribution in [0.3, 0.4) is 0 Å². The molecule has 0 bridgehead atoms. The largest absolute Gasteiger partial charge is 0.494 e. The zero-order chi connectivity index (χ0) is 16.0. The molecule has 0 aliphatic heterocycles. The van der Waals surface area contributed by atoms with Gasteiger partial charge in [-0.3, -0.25) is 0 Å². The van der Waals surface area contributed by atoms with E-state index in [1.54, 1.807) is 0 Å². The maximum atomic E-state index is 5.76. The van der Waals surface area contributed by atoms with Crippen LogP contribution in [0.4, 0.5) is 0 Å². The van der Waals surface area contributed by atoms with Crippen molar-refractivity contribution in [3.8, 4) is 11.5 Å². The average Bonchev–Trinajstić information content (AvgIpc) is 2.51. The molecule has 1 aromatic carbocycles. The maximum absolute atomic E-state index is 5.76. The zero-order valence-electron chi connectivity index (χ0n) is 14.7. The summed E-state index contributed by atoms with van der Waals surface area (Å²) >= 11 is 0. The summed E-state index contributed by atoms with van der Waals surface area (Å²) in [6.07, 6.45) is 9.84. The summed E-state index contributed by atoms with van der Waals surface area (Å²) in [5, 5.41) is 0. The van der Waals surface area contributed by atoms with Gasteiger partial charge in [0, 0.05) is 0 Å². The van der Waals surface area contributed by atoms with E-state index in [9.17, 15) is 0 Å². The zero-order valence-corrected chi connectivity index (χ0v) is 14.7. The lowest BCUT2D eigenvalue weighted by molar-refractivity contribution is 0.297. The molecule has 1 aromatic rings. The fourth-order valence-electron chi connectivity index (χ4n) is 2.30. The Labute approximate surface area is 137 Å². The van der Waals surface area contributed by atoms with Crippen LogP contribution in [0.15, 0.2) is 24.3 Å². The molecule has 1 rings (SSSR count). The molecule has 125 valence electrons. The summed E-state index contributed by atoms with van der Waals surface area (Å²) in [4.78, 5) is 0. The Balaban J connectivity index is 2.08. The first-order valence-corrected chi connectivity index (χ1v) is 8.87. The Morgan fingerprint density at radius 1 is 0.727 bits per heavy atom. The number of ether oxygens (including phenoxy) is 2. The highest BCUT2D eigenvalue weighted by Gasteiger charge is 1.98. The Hall–Kier alpha value is -1.18. The van der Waals surface area contributed by atoms with Crippen LogP contribution in [0.1, 0.15) is 72.1 Å². The van der Waals surface area contributed by atoms with E-state index in [4.69, 9.17) is 9.47 Å². The Bertz CT molecular complexity index is 356. The molecule has 2 heteroatoms. The van der Waals surface area contributed by atoms with Gasteiger partial charge >= 0.3 is 0 Å². The normalized spacial score (nSPS) is 10.9. The molecule has 22 heavy (non-hydrogen) atoms. The van der Waals surface area contributed by atoms with Crippen molar-refractivity contribution in [2.45, 2.75) is 72.1 Å². The fraction of sp³-hybridized carbons (Fsp3) is 0.650. The Kier molecular flexibility index (Phi) is 10.6.